The number of aliphatic hydroxyl groups is 1. The van der Waals surface area contributed by atoms with Gasteiger partial charge >= 0.3 is 0 Å². The van der Waals surface area contributed by atoms with Crippen LogP contribution in [0.4, 0.5) is 0 Å². The average Bonchev–Trinajstić information content (AvgIpc) is 3.14. The maximum absolute atomic E-state index is 13.3. The molecule has 1 heterocycles. The third kappa shape index (κ3) is 4.34. The summed E-state index contributed by atoms with van der Waals surface area (Å²) < 4.78 is 16.3. The minimum Gasteiger partial charge on any atom is -0.507 e. The fourth-order valence-corrected chi connectivity index (χ4v) is 4.99. The van der Waals surface area contributed by atoms with Crippen LogP contribution in [0.2, 0.25) is 0 Å². The Bertz CT molecular complexity index is 1100. The number of ether oxygens (including phenoxy) is 3. The van der Waals surface area contributed by atoms with E-state index in [-0.39, 0.29) is 17.4 Å². The van der Waals surface area contributed by atoms with Crippen molar-refractivity contribution in [3.05, 3.63) is 59.2 Å². The molecule has 1 atom stereocenters. The molecule has 1 amide bonds. The fourth-order valence-electron chi connectivity index (χ4n) is 4.99. The van der Waals surface area contributed by atoms with Crippen LogP contribution in [-0.2, 0) is 9.59 Å². The first kappa shape index (κ1) is 23.7. The summed E-state index contributed by atoms with van der Waals surface area (Å²) in [5, 5.41) is 11.4. The van der Waals surface area contributed by atoms with Crippen LogP contribution >= 0.6 is 0 Å². The Morgan fingerprint density at radius 2 is 1.74 bits per heavy atom. The van der Waals surface area contributed by atoms with E-state index < -0.39 is 17.7 Å². The van der Waals surface area contributed by atoms with Gasteiger partial charge in [0.05, 0.1) is 32.4 Å². The van der Waals surface area contributed by atoms with E-state index in [0.717, 1.165) is 37.7 Å². The van der Waals surface area contributed by atoms with Crippen LogP contribution in [0.5, 0.6) is 17.2 Å². The van der Waals surface area contributed by atoms with E-state index in [1.165, 1.54) is 14.2 Å². The minimum atomic E-state index is -0.698. The van der Waals surface area contributed by atoms with E-state index >= 15 is 0 Å². The maximum Gasteiger partial charge on any atom is 0.295 e. The van der Waals surface area contributed by atoms with E-state index in [1.807, 2.05) is 31.2 Å². The molecule has 1 saturated heterocycles. The topological polar surface area (TPSA) is 85.3 Å². The van der Waals surface area contributed by atoms with Gasteiger partial charge in [0.15, 0.2) is 11.5 Å². The number of hydrogen-bond donors (Lipinski definition) is 1. The van der Waals surface area contributed by atoms with Crippen LogP contribution < -0.4 is 14.2 Å². The number of rotatable bonds is 7. The molecule has 7 nitrogen and oxygen atoms in total. The summed E-state index contributed by atoms with van der Waals surface area (Å²) in [7, 11) is 3.03. The monoisotopic (exact) mass is 465 g/mol. The average molecular weight is 466 g/mol. The van der Waals surface area contributed by atoms with E-state index in [0.29, 0.717) is 29.4 Å². The summed E-state index contributed by atoms with van der Waals surface area (Å²) in [6.07, 6.45) is 4.82. The molecule has 0 aromatic heterocycles. The minimum absolute atomic E-state index is 0.0540. The number of nitrogens with zero attached hydrogens (tertiary/aromatic N) is 1. The van der Waals surface area contributed by atoms with Crippen molar-refractivity contribution >= 4 is 17.4 Å². The largest absolute Gasteiger partial charge is 0.507 e. The Morgan fingerprint density at radius 3 is 2.41 bits per heavy atom. The number of aliphatic hydroxyl groups excluding tert-OH is 1. The number of likely N-dealkylation sites (tertiary alicyclic amines) is 1. The van der Waals surface area contributed by atoms with Crippen LogP contribution in [0, 0.1) is 0 Å². The highest BCUT2D eigenvalue weighted by Gasteiger charge is 2.49. The van der Waals surface area contributed by atoms with Gasteiger partial charge in [0.25, 0.3) is 11.7 Å². The van der Waals surface area contributed by atoms with Crippen LogP contribution in [0.25, 0.3) is 5.76 Å². The number of benzene rings is 2. The zero-order valence-corrected chi connectivity index (χ0v) is 19.9. The Hall–Kier alpha value is -3.48. The van der Waals surface area contributed by atoms with Crippen molar-refractivity contribution in [2.24, 2.45) is 0 Å². The Labute approximate surface area is 199 Å². The quantitative estimate of drug-likeness (QED) is 0.357. The summed E-state index contributed by atoms with van der Waals surface area (Å²) >= 11 is 0. The van der Waals surface area contributed by atoms with Crippen molar-refractivity contribution in [1.29, 1.82) is 0 Å². The molecule has 1 unspecified atom stereocenters. The number of methoxy groups -OCH3 is 2. The lowest BCUT2D eigenvalue weighted by molar-refractivity contribution is -0.141. The lowest BCUT2D eigenvalue weighted by atomic mass is 9.91. The normalized spacial score (nSPS) is 20.4. The zero-order chi connectivity index (χ0) is 24.2. The van der Waals surface area contributed by atoms with Gasteiger partial charge in [-0.2, -0.15) is 0 Å². The van der Waals surface area contributed by atoms with Crippen LogP contribution in [0.3, 0.4) is 0 Å². The molecule has 2 aromatic rings. The van der Waals surface area contributed by atoms with E-state index in [1.54, 1.807) is 23.1 Å². The molecule has 7 heteroatoms. The fraction of sp³-hybridized carbons (Fsp3) is 0.407. The van der Waals surface area contributed by atoms with Gasteiger partial charge in [-0.15, -0.1) is 0 Å². The first-order chi connectivity index (χ1) is 16.5. The number of carbonyl (C=O) groups excluding carboxylic acids is 2. The van der Waals surface area contributed by atoms with Crippen LogP contribution in [0.1, 0.15) is 56.2 Å². The SMILES string of the molecule is CCOc1cccc(C2/C(=C(\O)c3ccc(OC)c(OC)c3)C(=O)C(=O)N2C2CCCCC2)c1. The molecule has 0 radical (unpaired) electrons. The summed E-state index contributed by atoms with van der Waals surface area (Å²) in [6.45, 7) is 2.40. The maximum atomic E-state index is 13.3. The number of Topliss-reactive ketones (excluding diaryl/α,β-unsaturated/α-hetero) is 1. The molecule has 34 heavy (non-hydrogen) atoms. The molecule has 1 saturated carbocycles. The van der Waals surface area contributed by atoms with Crippen molar-refractivity contribution in [3.63, 3.8) is 0 Å². The van der Waals surface area contributed by atoms with Crippen LogP contribution in [0.15, 0.2) is 48.0 Å². The lowest BCUT2D eigenvalue weighted by Crippen LogP contribution is -2.40. The molecule has 1 aliphatic carbocycles. The van der Waals surface area contributed by atoms with Crippen molar-refractivity contribution in [1.82, 2.24) is 4.90 Å². The Kier molecular flexibility index (Phi) is 7.10. The highest BCUT2D eigenvalue weighted by atomic mass is 16.5. The van der Waals surface area contributed by atoms with Gasteiger partial charge in [0.1, 0.15) is 11.5 Å². The predicted octanol–water partition coefficient (Wildman–Crippen LogP) is 4.86. The Balaban J connectivity index is 1.87. The van der Waals surface area contributed by atoms with Crippen molar-refractivity contribution in [2.45, 2.75) is 51.1 Å². The molecule has 2 aliphatic rings. The molecule has 1 N–H and O–H groups in total. The van der Waals surface area contributed by atoms with Gasteiger partial charge in [-0.1, -0.05) is 31.4 Å². The van der Waals surface area contributed by atoms with E-state index in [4.69, 9.17) is 14.2 Å². The summed E-state index contributed by atoms with van der Waals surface area (Å²) in [6, 6.07) is 11.6. The standard InChI is InChI=1S/C27H31NO6/c1-4-34-20-12-8-9-17(15-20)24-23(25(29)18-13-14-21(32-2)22(16-18)33-3)26(30)27(31)28(24)19-10-6-5-7-11-19/h8-9,12-16,19,24,29H,4-7,10-11H2,1-3H3/b25-23+. The smallest absolute Gasteiger partial charge is 0.295 e. The van der Waals surface area contributed by atoms with Crippen molar-refractivity contribution in [2.75, 3.05) is 20.8 Å². The highest BCUT2D eigenvalue weighted by Crippen LogP contribution is 2.44. The second-order valence-electron chi connectivity index (χ2n) is 8.57. The van der Waals surface area contributed by atoms with Gasteiger partial charge in [0.2, 0.25) is 0 Å². The van der Waals surface area contributed by atoms with Gasteiger partial charge in [-0.05, 0) is 55.7 Å². The van der Waals surface area contributed by atoms with Crippen molar-refractivity contribution in [3.8, 4) is 17.2 Å². The van der Waals surface area contributed by atoms with Gasteiger partial charge < -0.3 is 24.2 Å². The number of ketones is 1. The second-order valence-corrected chi connectivity index (χ2v) is 8.57. The first-order valence-electron chi connectivity index (χ1n) is 11.7. The molecule has 0 spiro atoms. The number of carbonyl (C=O) groups is 2. The molecule has 1 aliphatic heterocycles. The third-order valence-electron chi connectivity index (χ3n) is 6.59. The van der Waals surface area contributed by atoms with E-state index in [9.17, 15) is 14.7 Å². The molecule has 2 aromatic carbocycles. The zero-order valence-electron chi connectivity index (χ0n) is 19.9. The molecule has 4 rings (SSSR count). The van der Waals surface area contributed by atoms with E-state index in [2.05, 4.69) is 0 Å². The summed E-state index contributed by atoms with van der Waals surface area (Å²) in [5.74, 6) is 0.0980. The molecule has 2 fully saturated rings. The highest BCUT2D eigenvalue weighted by molar-refractivity contribution is 6.46. The summed E-state index contributed by atoms with van der Waals surface area (Å²) in [4.78, 5) is 28.4. The number of hydrogen-bond acceptors (Lipinski definition) is 6. The molecule has 0 bridgehead atoms. The number of amides is 1. The van der Waals surface area contributed by atoms with Gasteiger partial charge in [0, 0.05) is 11.6 Å². The predicted molar refractivity (Wildman–Crippen MR) is 128 cm³/mol. The molecular weight excluding hydrogens is 434 g/mol. The first-order valence-corrected chi connectivity index (χ1v) is 11.7. The van der Waals surface area contributed by atoms with Crippen molar-refractivity contribution < 1.29 is 28.9 Å². The molecule has 180 valence electrons. The lowest BCUT2D eigenvalue weighted by Gasteiger charge is -2.35. The van der Waals surface area contributed by atoms with Gasteiger partial charge in [-0.3, -0.25) is 9.59 Å². The third-order valence-corrected chi connectivity index (χ3v) is 6.59. The second kappa shape index (κ2) is 10.2. The summed E-state index contributed by atoms with van der Waals surface area (Å²) in [5.41, 5.74) is 1.19. The van der Waals surface area contributed by atoms with Crippen LogP contribution in [-0.4, -0.2) is 48.6 Å². The molecular formula is C27H31NO6. The Morgan fingerprint density at radius 1 is 1.00 bits per heavy atom. The van der Waals surface area contributed by atoms with Gasteiger partial charge in [-0.25, -0.2) is 0 Å².